The standard InChI is InChI=1S/C22H22F3N3O4/c1-12(2)13-4-3-5-19(29)18(8-13)27-17-7-6-14(9-16(17)23)28-11-15(32-22(28)31)10-26-21(30)20(24)25/h3-9,12,15,20H,10-11H2,1-2H3,(H,26,30)(H,27,29)/t15-/m0/s1. The van der Waals surface area contributed by atoms with Crippen molar-refractivity contribution in [2.45, 2.75) is 32.3 Å². The van der Waals surface area contributed by atoms with Gasteiger partial charge in [-0.1, -0.05) is 26.0 Å². The molecule has 0 aliphatic carbocycles. The van der Waals surface area contributed by atoms with Crippen molar-refractivity contribution >= 4 is 29.1 Å². The number of amides is 2. The Balaban J connectivity index is 1.74. The molecule has 2 aromatic rings. The number of cyclic esters (lactones) is 1. The van der Waals surface area contributed by atoms with Gasteiger partial charge in [-0.2, -0.15) is 8.78 Å². The maximum absolute atomic E-state index is 14.8. The molecule has 1 fully saturated rings. The summed E-state index contributed by atoms with van der Waals surface area (Å²) in [4.78, 5) is 36.5. The lowest BCUT2D eigenvalue weighted by Crippen LogP contribution is -2.37. The Morgan fingerprint density at radius 1 is 1.16 bits per heavy atom. The molecule has 0 radical (unpaired) electrons. The molecule has 0 bridgehead atoms. The van der Waals surface area contributed by atoms with Crippen molar-refractivity contribution in [2.24, 2.45) is 0 Å². The van der Waals surface area contributed by atoms with E-state index in [0.29, 0.717) is 0 Å². The zero-order valence-electron chi connectivity index (χ0n) is 17.4. The summed E-state index contributed by atoms with van der Waals surface area (Å²) in [5.74, 6) is -2.01. The van der Waals surface area contributed by atoms with Gasteiger partial charge in [0, 0.05) is 0 Å². The number of nitrogens with one attached hydrogen (secondary N) is 2. The van der Waals surface area contributed by atoms with Crippen LogP contribution in [0.15, 0.2) is 47.3 Å². The van der Waals surface area contributed by atoms with E-state index >= 15 is 0 Å². The van der Waals surface area contributed by atoms with Crippen molar-refractivity contribution in [1.29, 1.82) is 0 Å². The summed E-state index contributed by atoms with van der Waals surface area (Å²) in [6.45, 7) is 3.61. The number of alkyl halides is 2. The molecule has 170 valence electrons. The van der Waals surface area contributed by atoms with Crippen LogP contribution in [0.5, 0.6) is 0 Å². The van der Waals surface area contributed by atoms with Crippen LogP contribution >= 0.6 is 0 Å². The van der Waals surface area contributed by atoms with Crippen molar-refractivity contribution in [1.82, 2.24) is 5.32 Å². The van der Waals surface area contributed by atoms with E-state index in [2.05, 4.69) is 5.32 Å². The van der Waals surface area contributed by atoms with Gasteiger partial charge in [-0.15, -0.1) is 0 Å². The largest absolute Gasteiger partial charge is 0.442 e. The molecule has 0 saturated carbocycles. The van der Waals surface area contributed by atoms with E-state index in [1.54, 1.807) is 12.1 Å². The third-order valence-corrected chi connectivity index (χ3v) is 4.89. The molecule has 7 nitrogen and oxygen atoms in total. The van der Waals surface area contributed by atoms with Crippen LogP contribution in [-0.4, -0.2) is 37.6 Å². The molecular formula is C22H22F3N3O4. The van der Waals surface area contributed by atoms with Gasteiger partial charge in [0.25, 0.3) is 5.91 Å². The molecule has 1 aliphatic rings. The van der Waals surface area contributed by atoms with E-state index < -0.39 is 30.3 Å². The third-order valence-electron chi connectivity index (χ3n) is 4.89. The minimum Gasteiger partial charge on any atom is -0.442 e. The molecule has 3 rings (SSSR count). The van der Waals surface area contributed by atoms with Crippen molar-refractivity contribution in [3.63, 3.8) is 0 Å². The molecule has 1 heterocycles. The smallest absolute Gasteiger partial charge is 0.414 e. The Morgan fingerprint density at radius 3 is 2.56 bits per heavy atom. The number of benzene rings is 1. The Morgan fingerprint density at radius 2 is 1.91 bits per heavy atom. The number of anilines is 3. The Kier molecular flexibility index (Phi) is 7.01. The third kappa shape index (κ3) is 5.37. The second kappa shape index (κ2) is 9.71. The predicted octanol–water partition coefficient (Wildman–Crippen LogP) is 3.76. The van der Waals surface area contributed by atoms with E-state index in [-0.39, 0.29) is 41.5 Å². The highest BCUT2D eigenvalue weighted by molar-refractivity contribution is 5.90. The lowest BCUT2D eigenvalue weighted by molar-refractivity contribution is -0.132. The number of hydrogen-bond acceptors (Lipinski definition) is 5. The molecule has 0 spiro atoms. The molecule has 32 heavy (non-hydrogen) atoms. The summed E-state index contributed by atoms with van der Waals surface area (Å²) >= 11 is 0. The molecule has 1 saturated heterocycles. The molecule has 2 amide bonds. The second-order valence-electron chi connectivity index (χ2n) is 7.55. The molecule has 10 heteroatoms. The first-order valence-corrected chi connectivity index (χ1v) is 9.90. The van der Waals surface area contributed by atoms with Gasteiger partial charge in [0.15, 0.2) is 0 Å². The quantitative estimate of drug-likeness (QED) is 0.672. The Hall–Kier alpha value is -3.56. The van der Waals surface area contributed by atoms with Crippen molar-refractivity contribution < 1.29 is 27.5 Å². The first-order chi connectivity index (χ1) is 15.2. The Bertz CT molecular complexity index is 1080. The fourth-order valence-electron chi connectivity index (χ4n) is 3.13. The fourth-order valence-corrected chi connectivity index (χ4v) is 3.13. The summed E-state index contributed by atoms with van der Waals surface area (Å²) in [6.07, 6.45) is -4.82. The summed E-state index contributed by atoms with van der Waals surface area (Å²) in [5, 5.41) is 4.77. The Labute approximate surface area is 182 Å². The van der Waals surface area contributed by atoms with Crippen molar-refractivity contribution in [3.05, 3.63) is 64.1 Å². The molecule has 0 aromatic heterocycles. The highest BCUT2D eigenvalue weighted by Crippen LogP contribution is 2.27. The van der Waals surface area contributed by atoms with E-state index in [9.17, 15) is 27.6 Å². The average molecular weight is 449 g/mol. The van der Waals surface area contributed by atoms with Crippen molar-refractivity contribution in [3.8, 4) is 0 Å². The van der Waals surface area contributed by atoms with E-state index in [1.165, 1.54) is 18.2 Å². The molecule has 0 unspecified atom stereocenters. The number of ether oxygens (including phenoxy) is 1. The predicted molar refractivity (Wildman–Crippen MR) is 113 cm³/mol. The monoisotopic (exact) mass is 449 g/mol. The summed E-state index contributed by atoms with van der Waals surface area (Å²) < 4.78 is 44.3. The fraction of sp³-hybridized carbons (Fsp3) is 0.318. The molecule has 1 aliphatic heterocycles. The van der Waals surface area contributed by atoms with Crippen molar-refractivity contribution in [2.75, 3.05) is 23.3 Å². The van der Waals surface area contributed by atoms with Crippen LogP contribution in [0.1, 0.15) is 25.3 Å². The number of rotatable bonds is 7. The number of hydrogen-bond donors (Lipinski definition) is 2. The number of carbonyl (C=O) groups excluding carboxylic acids is 2. The average Bonchev–Trinajstić information content (AvgIpc) is 3.00. The minimum atomic E-state index is -3.17. The van der Waals surface area contributed by atoms with Gasteiger partial charge in [-0.05, 0) is 41.8 Å². The zero-order chi connectivity index (χ0) is 23.4. The topological polar surface area (TPSA) is 87.7 Å². The van der Waals surface area contributed by atoms with E-state index in [0.717, 1.165) is 16.5 Å². The summed E-state index contributed by atoms with van der Waals surface area (Å²) in [5.41, 5.74) is 1.03. The first kappa shape index (κ1) is 23.1. The highest BCUT2D eigenvalue weighted by Gasteiger charge is 2.33. The van der Waals surface area contributed by atoms with Gasteiger partial charge >= 0.3 is 12.5 Å². The second-order valence-corrected chi connectivity index (χ2v) is 7.55. The van der Waals surface area contributed by atoms with Crippen LogP contribution in [-0.2, 0) is 9.53 Å². The number of carbonyl (C=O) groups is 2. The van der Waals surface area contributed by atoms with Crippen LogP contribution in [0.25, 0.3) is 0 Å². The molecule has 2 N–H and O–H groups in total. The highest BCUT2D eigenvalue weighted by atomic mass is 19.3. The SMILES string of the molecule is CC(C)c1cccc(=O)c(Nc2ccc(N3C[C@H](CNC(=O)C(F)F)OC3=O)cc2F)c1. The maximum Gasteiger partial charge on any atom is 0.414 e. The molecule has 1 atom stereocenters. The van der Waals surface area contributed by atoms with Gasteiger partial charge in [-0.25, -0.2) is 9.18 Å². The van der Waals surface area contributed by atoms with Crippen LogP contribution < -0.4 is 21.0 Å². The lowest BCUT2D eigenvalue weighted by Gasteiger charge is -2.15. The summed E-state index contributed by atoms with van der Waals surface area (Å²) in [7, 11) is 0. The zero-order valence-corrected chi connectivity index (χ0v) is 17.4. The van der Waals surface area contributed by atoms with Crippen LogP contribution in [0.2, 0.25) is 0 Å². The first-order valence-electron chi connectivity index (χ1n) is 9.90. The van der Waals surface area contributed by atoms with Gasteiger partial charge in [0.2, 0.25) is 5.43 Å². The summed E-state index contributed by atoms with van der Waals surface area (Å²) in [6, 6.07) is 10.4. The van der Waals surface area contributed by atoms with Crippen LogP contribution in [0.4, 0.5) is 35.0 Å². The van der Waals surface area contributed by atoms with Gasteiger partial charge in [0.1, 0.15) is 11.9 Å². The molecular weight excluding hydrogens is 427 g/mol. The number of halogens is 3. The van der Waals surface area contributed by atoms with Crippen LogP contribution in [0.3, 0.4) is 0 Å². The van der Waals surface area contributed by atoms with Gasteiger partial charge in [0.05, 0.1) is 30.2 Å². The lowest BCUT2D eigenvalue weighted by atomic mass is 10.1. The normalized spacial score (nSPS) is 15.8. The van der Waals surface area contributed by atoms with E-state index in [4.69, 9.17) is 4.74 Å². The molecule has 2 aromatic carbocycles. The van der Waals surface area contributed by atoms with E-state index in [1.807, 2.05) is 25.2 Å². The van der Waals surface area contributed by atoms with Crippen LogP contribution in [0, 0.1) is 5.82 Å². The van der Waals surface area contributed by atoms with Gasteiger partial charge < -0.3 is 15.4 Å². The number of nitrogens with zero attached hydrogens (tertiary/aromatic N) is 1. The minimum absolute atomic E-state index is 0.0417. The van der Waals surface area contributed by atoms with Gasteiger partial charge in [-0.3, -0.25) is 14.5 Å². The maximum atomic E-state index is 14.8.